The van der Waals surface area contributed by atoms with Gasteiger partial charge in [0.25, 0.3) is 0 Å². The Hall–Kier alpha value is -2.33. The molecule has 2 aromatic carbocycles. The maximum Gasteiger partial charge on any atom is 0.311 e. The fraction of sp³-hybridized carbons (Fsp3) is 0.500. The molecule has 0 saturated heterocycles. The van der Waals surface area contributed by atoms with Crippen LogP contribution in [0.2, 0.25) is 5.02 Å². The van der Waals surface area contributed by atoms with Crippen molar-refractivity contribution in [1.29, 1.82) is 0 Å². The number of esters is 2. The SMILES string of the molecule is CC(C)(C)CC(=O)Oc1cc2c(C(C)(C)C)c(c1OC(=O)CC(C)(C)C)-c1cccc(Cl)c1-2. The van der Waals surface area contributed by atoms with Gasteiger partial charge in [0.1, 0.15) is 0 Å². The van der Waals surface area contributed by atoms with E-state index in [1.165, 1.54) is 0 Å². The summed E-state index contributed by atoms with van der Waals surface area (Å²) in [6.45, 7) is 18.2. The number of fused-ring (bicyclic) bond motifs is 5. The van der Waals surface area contributed by atoms with Crippen LogP contribution >= 0.6 is 11.6 Å². The van der Waals surface area contributed by atoms with Crippen LogP contribution < -0.4 is 9.47 Å². The van der Waals surface area contributed by atoms with Crippen molar-refractivity contribution in [1.82, 2.24) is 0 Å². The van der Waals surface area contributed by atoms with Gasteiger partial charge in [0.05, 0.1) is 12.8 Å². The average Bonchev–Trinajstić information content (AvgIpc) is 2.85. The highest BCUT2D eigenvalue weighted by Gasteiger charge is 2.38. The van der Waals surface area contributed by atoms with Gasteiger partial charge in [-0.15, -0.1) is 0 Å². The lowest BCUT2D eigenvalue weighted by molar-refractivity contribution is -0.139. The van der Waals surface area contributed by atoms with Crippen molar-refractivity contribution < 1.29 is 19.1 Å². The second kappa shape index (κ2) is 8.47. The molecule has 0 fully saturated rings. The van der Waals surface area contributed by atoms with Crippen LogP contribution in [0.3, 0.4) is 0 Å². The summed E-state index contributed by atoms with van der Waals surface area (Å²) in [7, 11) is 0. The Morgan fingerprint density at radius 2 is 1.33 bits per heavy atom. The van der Waals surface area contributed by atoms with Crippen molar-refractivity contribution in [2.24, 2.45) is 10.8 Å². The van der Waals surface area contributed by atoms with E-state index in [0.29, 0.717) is 10.8 Å². The van der Waals surface area contributed by atoms with Gasteiger partial charge < -0.3 is 9.47 Å². The molecule has 0 amide bonds. The predicted molar refractivity (Wildman–Crippen MR) is 134 cm³/mol. The van der Waals surface area contributed by atoms with E-state index in [-0.39, 0.29) is 46.8 Å². The summed E-state index contributed by atoms with van der Waals surface area (Å²) in [6, 6.07) is 7.51. The Bertz CT molecular complexity index is 1110. The Kier molecular flexibility index (Phi) is 6.49. The first-order valence-corrected chi connectivity index (χ1v) is 11.8. The van der Waals surface area contributed by atoms with Crippen molar-refractivity contribution in [3.8, 4) is 33.8 Å². The summed E-state index contributed by atoms with van der Waals surface area (Å²) < 4.78 is 11.8. The van der Waals surface area contributed by atoms with Crippen LogP contribution in [0.1, 0.15) is 80.7 Å². The maximum atomic E-state index is 12.9. The van der Waals surface area contributed by atoms with Crippen LogP contribution in [-0.4, -0.2) is 11.9 Å². The molecule has 0 aromatic heterocycles. The molecule has 33 heavy (non-hydrogen) atoms. The van der Waals surface area contributed by atoms with Crippen molar-refractivity contribution in [3.05, 3.63) is 34.9 Å². The number of halogens is 1. The third-order valence-corrected chi connectivity index (χ3v) is 5.65. The first-order valence-electron chi connectivity index (χ1n) is 11.4. The van der Waals surface area contributed by atoms with Gasteiger partial charge in [-0.2, -0.15) is 0 Å². The molecule has 0 N–H and O–H groups in total. The van der Waals surface area contributed by atoms with Crippen LogP contribution in [0.15, 0.2) is 24.3 Å². The Balaban J connectivity index is 2.23. The fourth-order valence-corrected chi connectivity index (χ4v) is 4.51. The number of hydrogen-bond donors (Lipinski definition) is 0. The van der Waals surface area contributed by atoms with Crippen molar-refractivity contribution in [2.45, 2.75) is 80.6 Å². The number of benzene rings is 2. The quantitative estimate of drug-likeness (QED) is 0.286. The number of carbonyl (C=O) groups is 2. The fourth-order valence-electron chi connectivity index (χ4n) is 4.23. The maximum absolute atomic E-state index is 12.9. The van der Waals surface area contributed by atoms with Gasteiger partial charge in [0, 0.05) is 16.1 Å². The normalized spacial score (nSPS) is 13.0. The molecule has 0 radical (unpaired) electrons. The molecular weight excluding hydrogens is 436 g/mol. The van der Waals surface area contributed by atoms with Crippen molar-refractivity contribution in [3.63, 3.8) is 0 Å². The molecule has 0 unspecified atom stereocenters. The first kappa shape index (κ1) is 25.3. The van der Waals surface area contributed by atoms with Crippen LogP contribution in [0.4, 0.5) is 0 Å². The van der Waals surface area contributed by atoms with E-state index < -0.39 is 0 Å². The van der Waals surface area contributed by atoms with Gasteiger partial charge in [-0.05, 0) is 45.1 Å². The minimum Gasteiger partial charge on any atom is -0.422 e. The minimum absolute atomic E-state index is 0.233. The molecule has 0 aliphatic heterocycles. The molecule has 0 heterocycles. The number of ether oxygens (including phenoxy) is 2. The third kappa shape index (κ3) is 5.60. The third-order valence-electron chi connectivity index (χ3n) is 5.34. The molecule has 1 aliphatic carbocycles. The highest BCUT2D eigenvalue weighted by atomic mass is 35.5. The summed E-state index contributed by atoms with van der Waals surface area (Å²) in [5.41, 5.74) is 3.75. The van der Waals surface area contributed by atoms with Gasteiger partial charge in [-0.1, -0.05) is 86.0 Å². The van der Waals surface area contributed by atoms with E-state index in [4.69, 9.17) is 21.1 Å². The number of hydrogen-bond acceptors (Lipinski definition) is 4. The summed E-state index contributed by atoms with van der Waals surface area (Å²) in [4.78, 5) is 25.7. The van der Waals surface area contributed by atoms with Crippen molar-refractivity contribution in [2.75, 3.05) is 0 Å². The highest BCUT2D eigenvalue weighted by molar-refractivity contribution is 6.35. The summed E-state index contributed by atoms with van der Waals surface area (Å²) >= 11 is 6.63. The largest absolute Gasteiger partial charge is 0.422 e. The highest BCUT2D eigenvalue weighted by Crippen LogP contribution is 2.58. The summed E-state index contributed by atoms with van der Waals surface area (Å²) in [6.07, 6.45) is 0.471. The molecule has 4 nitrogen and oxygen atoms in total. The number of rotatable bonds is 4. The van der Waals surface area contributed by atoms with Gasteiger partial charge in [0.2, 0.25) is 0 Å². The number of carbonyl (C=O) groups excluding carboxylic acids is 2. The molecule has 1 aliphatic rings. The standard InChI is InChI=1S/C28H35ClO4/c1-26(2,3)14-20(30)32-19-13-17-22-16(11-10-12-18(22)29)23(24(17)28(7,8)9)25(19)33-21(31)15-27(4,5)6/h10-13H,14-15H2,1-9H3. The minimum atomic E-state index is -0.368. The van der Waals surface area contributed by atoms with E-state index in [1.807, 2.05) is 65.8 Å². The molecule has 0 spiro atoms. The first-order chi connectivity index (χ1) is 15.0. The van der Waals surface area contributed by atoms with Crippen LogP contribution in [0.25, 0.3) is 22.3 Å². The van der Waals surface area contributed by atoms with Gasteiger partial charge in [-0.25, -0.2) is 0 Å². The molecule has 3 rings (SSSR count). The monoisotopic (exact) mass is 470 g/mol. The van der Waals surface area contributed by atoms with Crippen LogP contribution in [0.5, 0.6) is 11.5 Å². The van der Waals surface area contributed by atoms with E-state index in [1.54, 1.807) is 0 Å². The lowest BCUT2D eigenvalue weighted by atomic mass is 9.82. The molecule has 0 atom stereocenters. The topological polar surface area (TPSA) is 52.6 Å². The Morgan fingerprint density at radius 3 is 1.85 bits per heavy atom. The molecule has 0 saturated carbocycles. The zero-order valence-electron chi connectivity index (χ0n) is 21.2. The van der Waals surface area contributed by atoms with E-state index in [0.717, 1.165) is 27.8 Å². The smallest absolute Gasteiger partial charge is 0.311 e. The zero-order chi connectivity index (χ0) is 24.9. The molecular formula is C28H35ClO4. The van der Waals surface area contributed by atoms with E-state index in [9.17, 15) is 9.59 Å². The van der Waals surface area contributed by atoms with Gasteiger partial charge in [0.15, 0.2) is 11.5 Å². The predicted octanol–water partition coefficient (Wildman–Crippen LogP) is 7.97. The Labute approximate surface area is 202 Å². The summed E-state index contributed by atoms with van der Waals surface area (Å²) in [5, 5.41) is 0.609. The molecule has 2 bridgehead atoms. The van der Waals surface area contributed by atoms with Gasteiger partial charge >= 0.3 is 11.9 Å². The van der Waals surface area contributed by atoms with Crippen LogP contribution in [0, 0.1) is 10.8 Å². The van der Waals surface area contributed by atoms with Crippen LogP contribution in [-0.2, 0) is 15.0 Å². The van der Waals surface area contributed by atoms with E-state index in [2.05, 4.69) is 20.8 Å². The summed E-state index contributed by atoms with van der Waals surface area (Å²) in [5.74, 6) is -0.180. The van der Waals surface area contributed by atoms with Gasteiger partial charge in [-0.3, -0.25) is 9.59 Å². The lowest BCUT2D eigenvalue weighted by Crippen LogP contribution is -2.21. The molecule has 2 aromatic rings. The molecule has 178 valence electrons. The molecule has 5 heteroatoms. The second-order valence-corrected chi connectivity index (χ2v) is 12.7. The zero-order valence-corrected chi connectivity index (χ0v) is 22.0. The average molecular weight is 471 g/mol. The lowest BCUT2D eigenvalue weighted by Gasteiger charge is -2.25. The van der Waals surface area contributed by atoms with E-state index >= 15 is 0 Å². The Morgan fingerprint density at radius 1 is 0.788 bits per heavy atom. The second-order valence-electron chi connectivity index (χ2n) is 12.3. The van der Waals surface area contributed by atoms with Crippen molar-refractivity contribution >= 4 is 23.5 Å².